The van der Waals surface area contributed by atoms with Crippen molar-refractivity contribution in [2.45, 2.75) is 20.8 Å². The van der Waals surface area contributed by atoms with Crippen LogP contribution in [0.2, 0.25) is 0 Å². The topological polar surface area (TPSA) is 49.8 Å². The van der Waals surface area contributed by atoms with Crippen LogP contribution in [0.4, 0.5) is 0 Å². The molecular weight excluding hydrogens is 182 g/mol. The van der Waals surface area contributed by atoms with E-state index in [1.165, 1.54) is 0 Å². The fraction of sp³-hybridized carbons (Fsp3) is 0.900. The summed E-state index contributed by atoms with van der Waals surface area (Å²) in [4.78, 5) is 12.4. The quantitative estimate of drug-likeness (QED) is 0.599. The molecule has 0 aliphatic carbocycles. The molecule has 0 aromatic carbocycles. The third kappa shape index (κ3) is 8.01. The van der Waals surface area contributed by atoms with Gasteiger partial charge in [-0.05, 0) is 12.8 Å². The van der Waals surface area contributed by atoms with E-state index in [0.717, 1.165) is 6.54 Å². The molecule has 0 aliphatic heterocycles. The minimum Gasteiger partial charge on any atom is -0.480 e. The van der Waals surface area contributed by atoms with E-state index in [2.05, 4.69) is 13.8 Å². The maximum Gasteiger partial charge on any atom is 0.317 e. The number of hydrogen-bond acceptors (Lipinski definition) is 3. The second kappa shape index (κ2) is 7.76. The van der Waals surface area contributed by atoms with Crippen LogP contribution in [0.1, 0.15) is 20.8 Å². The molecule has 0 amide bonds. The first-order chi connectivity index (χ1) is 6.56. The summed E-state index contributed by atoms with van der Waals surface area (Å²) in [7, 11) is 0. The van der Waals surface area contributed by atoms with Crippen LogP contribution in [0.15, 0.2) is 0 Å². The van der Waals surface area contributed by atoms with Crippen molar-refractivity contribution in [3.63, 3.8) is 0 Å². The van der Waals surface area contributed by atoms with Gasteiger partial charge in [0.1, 0.15) is 0 Å². The van der Waals surface area contributed by atoms with E-state index >= 15 is 0 Å². The minimum absolute atomic E-state index is 0.102. The van der Waals surface area contributed by atoms with Crippen molar-refractivity contribution in [2.75, 3.05) is 32.8 Å². The molecule has 0 spiro atoms. The van der Waals surface area contributed by atoms with Crippen molar-refractivity contribution in [3.8, 4) is 0 Å². The fourth-order valence-corrected chi connectivity index (χ4v) is 1.28. The number of hydrogen-bond donors (Lipinski definition) is 1. The van der Waals surface area contributed by atoms with Crippen LogP contribution in [0, 0.1) is 5.92 Å². The first-order valence-corrected chi connectivity index (χ1v) is 5.08. The zero-order chi connectivity index (χ0) is 11.0. The van der Waals surface area contributed by atoms with Crippen molar-refractivity contribution in [2.24, 2.45) is 5.92 Å². The highest BCUT2D eigenvalue weighted by Crippen LogP contribution is 1.98. The lowest BCUT2D eigenvalue weighted by molar-refractivity contribution is -0.138. The summed E-state index contributed by atoms with van der Waals surface area (Å²) in [6.45, 7) is 8.98. The number of carbonyl (C=O) groups is 1. The third-order valence-electron chi connectivity index (χ3n) is 1.74. The molecular formula is C10H21NO3. The molecule has 0 saturated heterocycles. The zero-order valence-corrected chi connectivity index (χ0v) is 9.32. The van der Waals surface area contributed by atoms with Crippen molar-refractivity contribution in [3.05, 3.63) is 0 Å². The summed E-state index contributed by atoms with van der Waals surface area (Å²) in [6, 6.07) is 0. The lowest BCUT2D eigenvalue weighted by atomic mass is 10.2. The van der Waals surface area contributed by atoms with Crippen LogP contribution in [0.3, 0.4) is 0 Å². The Kier molecular flexibility index (Phi) is 7.42. The van der Waals surface area contributed by atoms with Gasteiger partial charge in [0.25, 0.3) is 0 Å². The van der Waals surface area contributed by atoms with Gasteiger partial charge in [-0.25, -0.2) is 0 Å². The van der Waals surface area contributed by atoms with Crippen LogP contribution in [-0.4, -0.2) is 48.8 Å². The third-order valence-corrected chi connectivity index (χ3v) is 1.74. The molecule has 0 radical (unpaired) electrons. The summed E-state index contributed by atoms with van der Waals surface area (Å²) < 4.78 is 5.19. The molecule has 0 aliphatic rings. The standard InChI is InChI=1S/C10H21NO3/c1-4-14-6-5-11(7-9(2)3)8-10(12)13/h9H,4-8H2,1-3H3,(H,12,13). The summed E-state index contributed by atoms with van der Waals surface area (Å²) in [6.07, 6.45) is 0. The van der Waals surface area contributed by atoms with Crippen molar-refractivity contribution < 1.29 is 14.6 Å². The Hall–Kier alpha value is -0.610. The Morgan fingerprint density at radius 3 is 2.57 bits per heavy atom. The van der Waals surface area contributed by atoms with Crippen molar-refractivity contribution in [1.29, 1.82) is 0 Å². The smallest absolute Gasteiger partial charge is 0.317 e. The summed E-state index contributed by atoms with van der Waals surface area (Å²) in [5, 5.41) is 8.67. The average molecular weight is 203 g/mol. The van der Waals surface area contributed by atoms with Crippen LogP contribution in [-0.2, 0) is 9.53 Å². The van der Waals surface area contributed by atoms with Gasteiger partial charge in [0.15, 0.2) is 0 Å². The van der Waals surface area contributed by atoms with Crippen LogP contribution in [0.25, 0.3) is 0 Å². The Bertz CT molecular complexity index is 159. The predicted octanol–water partition coefficient (Wildman–Crippen LogP) is 1.07. The largest absolute Gasteiger partial charge is 0.480 e. The maximum atomic E-state index is 10.5. The fourth-order valence-electron chi connectivity index (χ4n) is 1.28. The molecule has 0 saturated carbocycles. The number of ether oxygens (including phenoxy) is 1. The Labute approximate surface area is 85.9 Å². The van der Waals surface area contributed by atoms with Gasteiger partial charge in [-0.3, -0.25) is 9.69 Å². The second-order valence-corrected chi connectivity index (χ2v) is 3.72. The summed E-state index contributed by atoms with van der Waals surface area (Å²) >= 11 is 0. The predicted molar refractivity (Wildman–Crippen MR) is 55.4 cm³/mol. The molecule has 1 N–H and O–H groups in total. The molecule has 84 valence electrons. The molecule has 0 aromatic rings. The first kappa shape index (κ1) is 13.4. The van der Waals surface area contributed by atoms with E-state index in [1.54, 1.807) is 0 Å². The number of carboxylic acids is 1. The van der Waals surface area contributed by atoms with Crippen LogP contribution >= 0.6 is 0 Å². The van der Waals surface area contributed by atoms with Gasteiger partial charge in [-0.15, -0.1) is 0 Å². The molecule has 4 heteroatoms. The second-order valence-electron chi connectivity index (χ2n) is 3.72. The highest BCUT2D eigenvalue weighted by molar-refractivity contribution is 5.69. The Balaban J connectivity index is 3.78. The molecule has 0 aromatic heterocycles. The molecule has 0 bridgehead atoms. The molecule has 0 heterocycles. The van der Waals surface area contributed by atoms with E-state index in [0.29, 0.717) is 25.7 Å². The average Bonchev–Trinajstić information content (AvgIpc) is 2.02. The van der Waals surface area contributed by atoms with E-state index in [1.807, 2.05) is 11.8 Å². The van der Waals surface area contributed by atoms with Crippen molar-refractivity contribution >= 4 is 5.97 Å². The molecule has 14 heavy (non-hydrogen) atoms. The minimum atomic E-state index is -0.776. The van der Waals surface area contributed by atoms with E-state index in [9.17, 15) is 4.79 Å². The summed E-state index contributed by atoms with van der Waals surface area (Å²) in [5.74, 6) is -0.293. The molecule has 4 nitrogen and oxygen atoms in total. The van der Waals surface area contributed by atoms with E-state index in [4.69, 9.17) is 9.84 Å². The molecule has 0 fully saturated rings. The molecule has 0 atom stereocenters. The lowest BCUT2D eigenvalue weighted by Crippen LogP contribution is -2.35. The number of rotatable bonds is 8. The van der Waals surface area contributed by atoms with Crippen LogP contribution < -0.4 is 0 Å². The van der Waals surface area contributed by atoms with Crippen molar-refractivity contribution in [1.82, 2.24) is 4.90 Å². The van der Waals surface area contributed by atoms with Gasteiger partial charge in [-0.2, -0.15) is 0 Å². The molecule has 0 rings (SSSR count). The summed E-state index contributed by atoms with van der Waals surface area (Å²) in [5.41, 5.74) is 0. The normalized spacial score (nSPS) is 11.2. The highest BCUT2D eigenvalue weighted by Gasteiger charge is 2.10. The Morgan fingerprint density at radius 2 is 2.14 bits per heavy atom. The highest BCUT2D eigenvalue weighted by atomic mass is 16.5. The maximum absolute atomic E-state index is 10.5. The first-order valence-electron chi connectivity index (χ1n) is 5.08. The van der Waals surface area contributed by atoms with E-state index < -0.39 is 5.97 Å². The Morgan fingerprint density at radius 1 is 1.50 bits per heavy atom. The molecule has 0 unspecified atom stereocenters. The lowest BCUT2D eigenvalue weighted by Gasteiger charge is -2.21. The monoisotopic (exact) mass is 203 g/mol. The van der Waals surface area contributed by atoms with Gasteiger partial charge in [-0.1, -0.05) is 13.8 Å². The SMILES string of the molecule is CCOCCN(CC(=O)O)CC(C)C. The number of aliphatic carboxylic acids is 1. The zero-order valence-electron chi connectivity index (χ0n) is 9.32. The van der Waals surface area contributed by atoms with Gasteiger partial charge < -0.3 is 9.84 Å². The van der Waals surface area contributed by atoms with Gasteiger partial charge in [0.05, 0.1) is 13.2 Å². The van der Waals surface area contributed by atoms with Crippen LogP contribution in [0.5, 0.6) is 0 Å². The van der Waals surface area contributed by atoms with E-state index in [-0.39, 0.29) is 6.54 Å². The van der Waals surface area contributed by atoms with Gasteiger partial charge in [0, 0.05) is 19.7 Å². The van der Waals surface area contributed by atoms with Gasteiger partial charge in [0.2, 0.25) is 0 Å². The number of carboxylic acid groups (broad SMARTS) is 1. The van der Waals surface area contributed by atoms with Gasteiger partial charge >= 0.3 is 5.97 Å². The number of nitrogens with zero attached hydrogens (tertiary/aromatic N) is 1.